The first-order valence-electron chi connectivity index (χ1n) is 8.81. The van der Waals surface area contributed by atoms with Gasteiger partial charge in [0.2, 0.25) is 0 Å². The van der Waals surface area contributed by atoms with E-state index >= 15 is 0 Å². The van der Waals surface area contributed by atoms with Crippen LogP contribution in [0.2, 0.25) is 0 Å². The van der Waals surface area contributed by atoms with Gasteiger partial charge in [-0.1, -0.05) is 12.1 Å². The van der Waals surface area contributed by atoms with Crippen LogP contribution >= 0.6 is 24.2 Å². The first kappa shape index (κ1) is 18.8. The van der Waals surface area contributed by atoms with Crippen LogP contribution in [0.3, 0.4) is 0 Å². The van der Waals surface area contributed by atoms with E-state index in [1.165, 1.54) is 40.1 Å². The average Bonchev–Trinajstić information content (AvgIpc) is 2.99. The quantitative estimate of drug-likeness (QED) is 0.885. The molecule has 4 rings (SSSR count). The lowest BCUT2D eigenvalue weighted by Gasteiger charge is -2.40. The second-order valence-corrected chi connectivity index (χ2v) is 8.73. The summed E-state index contributed by atoms with van der Waals surface area (Å²) >= 11 is 2.07. The summed E-state index contributed by atoms with van der Waals surface area (Å²) in [5, 5.41) is 8.52. The van der Waals surface area contributed by atoms with E-state index in [0.717, 1.165) is 26.2 Å². The Morgan fingerprint density at radius 3 is 2.76 bits per heavy atom. The molecule has 2 aliphatic rings. The molecular formula is C19H27ClN4S. The van der Waals surface area contributed by atoms with Crippen molar-refractivity contribution < 1.29 is 0 Å². The van der Waals surface area contributed by atoms with E-state index in [4.69, 9.17) is 5.10 Å². The second-order valence-electron chi connectivity index (χ2n) is 7.30. The van der Waals surface area contributed by atoms with E-state index < -0.39 is 0 Å². The molecule has 0 radical (unpaired) electrons. The zero-order valence-electron chi connectivity index (χ0n) is 15.2. The number of fused-ring (bicyclic) bond motifs is 4. The lowest BCUT2D eigenvalue weighted by atomic mass is 9.87. The Labute approximate surface area is 160 Å². The second kappa shape index (κ2) is 7.31. The van der Waals surface area contributed by atoms with Gasteiger partial charge in [-0.2, -0.15) is 5.10 Å². The maximum absolute atomic E-state index is 5.00. The Bertz CT molecular complexity index is 750. The maximum Gasteiger partial charge on any atom is 0.0980 e. The van der Waals surface area contributed by atoms with Crippen LogP contribution in [0.5, 0.6) is 0 Å². The molecule has 1 aromatic heterocycles. The van der Waals surface area contributed by atoms with Crippen LogP contribution in [0, 0.1) is 6.92 Å². The summed E-state index contributed by atoms with van der Waals surface area (Å²) in [6.45, 7) is 6.33. The molecule has 0 amide bonds. The van der Waals surface area contributed by atoms with E-state index in [9.17, 15) is 0 Å². The van der Waals surface area contributed by atoms with Crippen molar-refractivity contribution in [1.29, 1.82) is 0 Å². The van der Waals surface area contributed by atoms with Crippen LogP contribution in [0.25, 0.3) is 11.3 Å². The van der Waals surface area contributed by atoms with Crippen LogP contribution in [0.1, 0.15) is 24.0 Å². The molecule has 6 heteroatoms. The molecule has 1 fully saturated rings. The predicted octanol–water partition coefficient (Wildman–Crippen LogP) is 3.53. The number of likely N-dealkylation sites (N-methyl/N-ethyl adjacent to an activating group) is 1. The summed E-state index contributed by atoms with van der Waals surface area (Å²) in [6.07, 6.45) is 4.68. The number of thioether (sulfide) groups is 1. The van der Waals surface area contributed by atoms with Gasteiger partial charge in [0.25, 0.3) is 0 Å². The van der Waals surface area contributed by atoms with Crippen molar-refractivity contribution in [3.8, 4) is 11.3 Å². The third-order valence-electron chi connectivity index (χ3n) is 5.14. The van der Waals surface area contributed by atoms with E-state index in [-0.39, 0.29) is 17.2 Å². The zero-order valence-corrected chi connectivity index (χ0v) is 16.8. The minimum atomic E-state index is 0. The van der Waals surface area contributed by atoms with Crippen LogP contribution in [0.4, 0.5) is 0 Å². The van der Waals surface area contributed by atoms with Gasteiger partial charge in [0.15, 0.2) is 0 Å². The Morgan fingerprint density at radius 1 is 1.28 bits per heavy atom. The molecule has 2 aliphatic heterocycles. The van der Waals surface area contributed by atoms with E-state index in [1.807, 2.05) is 0 Å². The number of hydrogen-bond acceptors (Lipinski definition) is 4. The number of rotatable bonds is 3. The molecule has 4 nitrogen and oxygen atoms in total. The molecule has 0 atom stereocenters. The van der Waals surface area contributed by atoms with Crippen molar-refractivity contribution in [2.45, 2.75) is 36.0 Å². The number of aromatic nitrogens is 2. The fraction of sp³-hybridized carbons (Fsp3) is 0.526. The summed E-state index contributed by atoms with van der Waals surface area (Å²) in [5.74, 6) is 0. The summed E-state index contributed by atoms with van der Waals surface area (Å²) in [5.41, 5.74) is 5.31. The number of benzene rings is 1. The van der Waals surface area contributed by atoms with Crippen LogP contribution in [-0.4, -0.2) is 48.4 Å². The standard InChI is InChI=1S/C19H26N4S.ClH/c1-14-4-5-15-17(12-14)24-19(6-8-20-9-7-19)16-13-23(21-18(15)16)11-10-22(2)3;/h4-5,12-13,20H,6-11H2,1-3H3;1H. The Balaban J connectivity index is 0.00000182. The third-order valence-corrected chi connectivity index (χ3v) is 6.71. The molecule has 25 heavy (non-hydrogen) atoms. The van der Waals surface area contributed by atoms with E-state index in [2.05, 4.69) is 72.1 Å². The van der Waals surface area contributed by atoms with Gasteiger partial charge in [-0.3, -0.25) is 4.68 Å². The summed E-state index contributed by atoms with van der Waals surface area (Å²) in [6, 6.07) is 6.81. The molecule has 136 valence electrons. The van der Waals surface area contributed by atoms with Gasteiger partial charge in [0.05, 0.1) is 17.0 Å². The molecule has 0 bridgehead atoms. The molecule has 1 aromatic carbocycles. The largest absolute Gasteiger partial charge is 0.317 e. The molecule has 1 spiro atoms. The number of nitrogens with zero attached hydrogens (tertiary/aromatic N) is 3. The smallest absolute Gasteiger partial charge is 0.0980 e. The van der Waals surface area contributed by atoms with Gasteiger partial charge in [-0.05, 0) is 58.6 Å². The fourth-order valence-corrected chi connectivity index (χ4v) is 5.36. The van der Waals surface area contributed by atoms with Crippen molar-refractivity contribution in [3.05, 3.63) is 35.5 Å². The molecule has 0 saturated carbocycles. The Kier molecular flexibility index (Phi) is 5.49. The van der Waals surface area contributed by atoms with Gasteiger partial charge in [0, 0.05) is 28.8 Å². The third kappa shape index (κ3) is 3.47. The van der Waals surface area contributed by atoms with Crippen LogP contribution in [0.15, 0.2) is 29.3 Å². The Morgan fingerprint density at radius 2 is 2.04 bits per heavy atom. The molecule has 2 aromatic rings. The summed E-state index contributed by atoms with van der Waals surface area (Å²) in [7, 11) is 4.23. The zero-order chi connectivity index (χ0) is 16.7. The highest BCUT2D eigenvalue weighted by Crippen LogP contribution is 2.56. The van der Waals surface area contributed by atoms with Crippen molar-refractivity contribution in [3.63, 3.8) is 0 Å². The van der Waals surface area contributed by atoms with Crippen molar-refractivity contribution in [2.75, 3.05) is 33.7 Å². The van der Waals surface area contributed by atoms with Gasteiger partial charge >= 0.3 is 0 Å². The number of piperidine rings is 1. The average molecular weight is 379 g/mol. The number of halogens is 1. The van der Waals surface area contributed by atoms with Gasteiger partial charge in [-0.25, -0.2) is 0 Å². The van der Waals surface area contributed by atoms with Crippen molar-refractivity contribution >= 4 is 24.2 Å². The predicted molar refractivity (Wildman–Crippen MR) is 108 cm³/mol. The highest BCUT2D eigenvalue weighted by Gasteiger charge is 2.42. The van der Waals surface area contributed by atoms with Gasteiger partial charge < -0.3 is 10.2 Å². The Hall–Kier alpha value is -1.01. The highest BCUT2D eigenvalue weighted by molar-refractivity contribution is 8.00. The summed E-state index contributed by atoms with van der Waals surface area (Å²) < 4.78 is 2.35. The normalized spacial score (nSPS) is 17.9. The first-order valence-corrected chi connectivity index (χ1v) is 9.62. The number of hydrogen-bond donors (Lipinski definition) is 1. The number of aryl methyl sites for hydroxylation is 1. The monoisotopic (exact) mass is 378 g/mol. The molecular weight excluding hydrogens is 352 g/mol. The van der Waals surface area contributed by atoms with E-state index in [1.54, 1.807) is 0 Å². The molecule has 0 unspecified atom stereocenters. The minimum Gasteiger partial charge on any atom is -0.317 e. The van der Waals surface area contributed by atoms with Crippen LogP contribution < -0.4 is 5.32 Å². The summed E-state index contributed by atoms with van der Waals surface area (Å²) in [4.78, 5) is 3.62. The van der Waals surface area contributed by atoms with Gasteiger partial charge in [0.1, 0.15) is 0 Å². The molecule has 3 heterocycles. The van der Waals surface area contributed by atoms with Gasteiger partial charge in [-0.15, -0.1) is 24.2 Å². The highest BCUT2D eigenvalue weighted by atomic mass is 35.5. The minimum absolute atomic E-state index is 0. The topological polar surface area (TPSA) is 33.1 Å². The first-order chi connectivity index (χ1) is 11.6. The van der Waals surface area contributed by atoms with Crippen molar-refractivity contribution in [1.82, 2.24) is 20.0 Å². The SMILES string of the molecule is Cc1ccc2c(c1)SC1(CCNCC1)c1cn(CCN(C)C)nc1-2.Cl. The molecule has 1 saturated heterocycles. The fourth-order valence-electron chi connectivity index (χ4n) is 3.75. The lowest BCUT2D eigenvalue weighted by Crippen LogP contribution is -2.38. The molecule has 1 N–H and O–H groups in total. The lowest BCUT2D eigenvalue weighted by molar-refractivity contribution is 0.373. The maximum atomic E-state index is 5.00. The van der Waals surface area contributed by atoms with E-state index in [0.29, 0.717) is 0 Å². The molecule has 0 aliphatic carbocycles. The van der Waals surface area contributed by atoms with Crippen molar-refractivity contribution in [2.24, 2.45) is 0 Å². The number of nitrogens with one attached hydrogen (secondary N) is 1. The van der Waals surface area contributed by atoms with Crippen LogP contribution in [-0.2, 0) is 11.3 Å².